The SMILES string of the molecule is CCNCC(C)(C)COCc1ccc2c(c1)OCO2. The third-order valence-electron chi connectivity index (χ3n) is 3.05. The maximum Gasteiger partial charge on any atom is 0.231 e. The van der Waals surface area contributed by atoms with Crippen molar-refractivity contribution >= 4 is 0 Å². The van der Waals surface area contributed by atoms with Crippen LogP contribution in [0.5, 0.6) is 11.5 Å². The first kappa shape index (κ1) is 14.2. The minimum atomic E-state index is 0.145. The van der Waals surface area contributed by atoms with E-state index < -0.39 is 0 Å². The van der Waals surface area contributed by atoms with E-state index in [1.54, 1.807) is 0 Å². The van der Waals surface area contributed by atoms with Gasteiger partial charge in [0.25, 0.3) is 0 Å². The summed E-state index contributed by atoms with van der Waals surface area (Å²) in [7, 11) is 0. The Kier molecular flexibility index (Phi) is 4.66. The molecule has 0 unspecified atom stereocenters. The van der Waals surface area contributed by atoms with Gasteiger partial charge in [-0.05, 0) is 24.2 Å². The summed E-state index contributed by atoms with van der Waals surface area (Å²) in [6.45, 7) is 10.1. The molecule has 1 aliphatic rings. The average molecular weight is 265 g/mol. The first-order chi connectivity index (χ1) is 9.11. The summed E-state index contributed by atoms with van der Waals surface area (Å²) in [4.78, 5) is 0. The van der Waals surface area contributed by atoms with Crippen LogP contribution in [0.1, 0.15) is 26.3 Å². The molecule has 4 heteroatoms. The monoisotopic (exact) mass is 265 g/mol. The summed E-state index contributed by atoms with van der Waals surface area (Å²) < 4.78 is 16.4. The van der Waals surface area contributed by atoms with Gasteiger partial charge in [0.15, 0.2) is 11.5 Å². The summed E-state index contributed by atoms with van der Waals surface area (Å²) in [6, 6.07) is 5.94. The molecule has 1 aromatic carbocycles. The predicted octanol–water partition coefficient (Wildman–Crippen LogP) is 2.57. The van der Waals surface area contributed by atoms with Crippen molar-refractivity contribution in [1.29, 1.82) is 0 Å². The van der Waals surface area contributed by atoms with E-state index in [2.05, 4.69) is 26.1 Å². The lowest BCUT2D eigenvalue weighted by Crippen LogP contribution is -2.33. The van der Waals surface area contributed by atoms with Crippen molar-refractivity contribution in [2.24, 2.45) is 5.41 Å². The zero-order valence-corrected chi connectivity index (χ0v) is 12.0. The van der Waals surface area contributed by atoms with Crippen LogP contribution in [-0.4, -0.2) is 26.5 Å². The zero-order valence-electron chi connectivity index (χ0n) is 12.0. The van der Waals surface area contributed by atoms with Crippen LogP contribution in [0.3, 0.4) is 0 Å². The van der Waals surface area contributed by atoms with Crippen molar-refractivity contribution in [3.63, 3.8) is 0 Å². The molecule has 0 saturated heterocycles. The number of ether oxygens (including phenoxy) is 3. The fourth-order valence-corrected chi connectivity index (χ4v) is 1.99. The molecule has 0 saturated carbocycles. The first-order valence-electron chi connectivity index (χ1n) is 6.78. The van der Waals surface area contributed by atoms with Crippen molar-refractivity contribution < 1.29 is 14.2 Å². The van der Waals surface area contributed by atoms with Crippen LogP contribution in [0.2, 0.25) is 0 Å². The fraction of sp³-hybridized carbons (Fsp3) is 0.600. The van der Waals surface area contributed by atoms with Gasteiger partial charge in [-0.15, -0.1) is 0 Å². The lowest BCUT2D eigenvalue weighted by Gasteiger charge is -2.24. The standard InChI is InChI=1S/C15H23NO3/c1-4-16-9-15(2,3)10-17-8-12-5-6-13-14(7-12)19-11-18-13/h5-7,16H,4,8-11H2,1-3H3. The smallest absolute Gasteiger partial charge is 0.231 e. The number of nitrogens with one attached hydrogen (secondary N) is 1. The van der Waals surface area contributed by atoms with E-state index in [0.29, 0.717) is 13.4 Å². The van der Waals surface area contributed by atoms with E-state index in [9.17, 15) is 0 Å². The summed E-state index contributed by atoms with van der Waals surface area (Å²) in [6.07, 6.45) is 0. The lowest BCUT2D eigenvalue weighted by atomic mass is 9.95. The summed E-state index contributed by atoms with van der Waals surface area (Å²) >= 11 is 0. The normalized spacial score (nSPS) is 13.8. The quantitative estimate of drug-likeness (QED) is 0.822. The molecule has 0 bridgehead atoms. The molecule has 0 radical (unpaired) electrons. The van der Waals surface area contributed by atoms with Crippen LogP contribution >= 0.6 is 0 Å². The first-order valence-corrected chi connectivity index (χ1v) is 6.78. The van der Waals surface area contributed by atoms with E-state index in [0.717, 1.165) is 36.8 Å². The van der Waals surface area contributed by atoms with Crippen LogP contribution in [-0.2, 0) is 11.3 Å². The van der Waals surface area contributed by atoms with Gasteiger partial charge in [0.1, 0.15) is 0 Å². The Morgan fingerprint density at radius 3 is 2.84 bits per heavy atom. The molecule has 1 aromatic rings. The van der Waals surface area contributed by atoms with E-state index in [-0.39, 0.29) is 5.41 Å². The van der Waals surface area contributed by atoms with Crippen molar-refractivity contribution in [3.8, 4) is 11.5 Å². The highest BCUT2D eigenvalue weighted by Gasteiger charge is 2.18. The maximum atomic E-state index is 5.80. The molecule has 0 amide bonds. The van der Waals surface area contributed by atoms with Crippen molar-refractivity contribution in [1.82, 2.24) is 5.32 Å². The third kappa shape index (κ3) is 4.11. The molecule has 0 aromatic heterocycles. The molecule has 1 heterocycles. The summed E-state index contributed by atoms with van der Waals surface area (Å²) in [5, 5.41) is 3.35. The maximum absolute atomic E-state index is 5.80. The Balaban J connectivity index is 1.79. The number of fused-ring (bicyclic) bond motifs is 1. The van der Waals surface area contributed by atoms with Crippen LogP contribution in [0.25, 0.3) is 0 Å². The summed E-state index contributed by atoms with van der Waals surface area (Å²) in [5.74, 6) is 1.63. The van der Waals surface area contributed by atoms with Gasteiger partial charge >= 0.3 is 0 Å². The third-order valence-corrected chi connectivity index (χ3v) is 3.05. The molecule has 19 heavy (non-hydrogen) atoms. The van der Waals surface area contributed by atoms with E-state index in [4.69, 9.17) is 14.2 Å². The highest BCUT2D eigenvalue weighted by atomic mass is 16.7. The Morgan fingerprint density at radius 1 is 1.26 bits per heavy atom. The van der Waals surface area contributed by atoms with Crippen LogP contribution in [0.15, 0.2) is 18.2 Å². The molecular weight excluding hydrogens is 242 g/mol. The van der Waals surface area contributed by atoms with E-state index in [1.807, 2.05) is 18.2 Å². The molecule has 1 aliphatic heterocycles. The van der Waals surface area contributed by atoms with Crippen molar-refractivity contribution in [2.45, 2.75) is 27.4 Å². The molecule has 2 rings (SSSR count). The molecule has 0 fully saturated rings. The van der Waals surface area contributed by atoms with Crippen molar-refractivity contribution in [2.75, 3.05) is 26.5 Å². The Hall–Kier alpha value is -1.26. The Labute approximate surface area is 115 Å². The molecule has 106 valence electrons. The second-order valence-electron chi connectivity index (χ2n) is 5.62. The highest BCUT2D eigenvalue weighted by Crippen LogP contribution is 2.32. The van der Waals surface area contributed by atoms with E-state index in [1.165, 1.54) is 0 Å². The summed E-state index contributed by atoms with van der Waals surface area (Å²) in [5.41, 5.74) is 1.26. The topological polar surface area (TPSA) is 39.7 Å². The average Bonchev–Trinajstić information content (AvgIpc) is 2.83. The van der Waals surface area contributed by atoms with Crippen LogP contribution < -0.4 is 14.8 Å². The van der Waals surface area contributed by atoms with Gasteiger partial charge in [0.2, 0.25) is 6.79 Å². The van der Waals surface area contributed by atoms with Gasteiger partial charge in [0, 0.05) is 12.0 Å². The van der Waals surface area contributed by atoms with Crippen molar-refractivity contribution in [3.05, 3.63) is 23.8 Å². The lowest BCUT2D eigenvalue weighted by molar-refractivity contribution is 0.0514. The molecule has 0 spiro atoms. The van der Waals surface area contributed by atoms with Gasteiger partial charge in [0.05, 0.1) is 13.2 Å². The Bertz CT molecular complexity index is 418. The van der Waals surface area contributed by atoms with Crippen LogP contribution in [0.4, 0.5) is 0 Å². The molecule has 1 N–H and O–H groups in total. The van der Waals surface area contributed by atoms with Crippen LogP contribution in [0, 0.1) is 5.41 Å². The number of hydrogen-bond donors (Lipinski definition) is 1. The van der Waals surface area contributed by atoms with Gasteiger partial charge in [-0.1, -0.05) is 26.8 Å². The number of benzene rings is 1. The Morgan fingerprint density at radius 2 is 2.05 bits per heavy atom. The van der Waals surface area contributed by atoms with Gasteiger partial charge in [-0.2, -0.15) is 0 Å². The second kappa shape index (κ2) is 6.26. The van der Waals surface area contributed by atoms with Gasteiger partial charge < -0.3 is 19.5 Å². The minimum Gasteiger partial charge on any atom is -0.454 e. The molecule has 4 nitrogen and oxygen atoms in total. The zero-order chi connectivity index (χ0) is 13.7. The van der Waals surface area contributed by atoms with Gasteiger partial charge in [-0.25, -0.2) is 0 Å². The molecule has 0 aliphatic carbocycles. The predicted molar refractivity (Wildman–Crippen MR) is 74.5 cm³/mol. The number of rotatable bonds is 7. The molecular formula is C15H23NO3. The van der Waals surface area contributed by atoms with E-state index >= 15 is 0 Å². The van der Waals surface area contributed by atoms with Gasteiger partial charge in [-0.3, -0.25) is 0 Å². The largest absolute Gasteiger partial charge is 0.454 e. The number of hydrogen-bond acceptors (Lipinski definition) is 4. The highest BCUT2D eigenvalue weighted by molar-refractivity contribution is 5.44. The minimum absolute atomic E-state index is 0.145. The fourth-order valence-electron chi connectivity index (χ4n) is 1.99. The molecule has 0 atom stereocenters. The second-order valence-corrected chi connectivity index (χ2v) is 5.62.